The van der Waals surface area contributed by atoms with Crippen LogP contribution in [0.25, 0.3) is 0 Å². The van der Waals surface area contributed by atoms with Crippen LogP contribution in [0.2, 0.25) is 26.2 Å². The third-order valence-electron chi connectivity index (χ3n) is 2.26. The van der Waals surface area contributed by atoms with Gasteiger partial charge in [-0.15, -0.1) is 0 Å². The smallest absolute Gasteiger partial charge is 0.377 e. The van der Waals surface area contributed by atoms with Gasteiger partial charge in [-0.25, -0.2) is 0 Å². The first-order valence-electron chi connectivity index (χ1n) is 5.72. The second-order valence-electron chi connectivity index (χ2n) is 5.03. The van der Waals surface area contributed by atoms with Crippen LogP contribution >= 0.6 is 0 Å². The van der Waals surface area contributed by atoms with Gasteiger partial charge in [0.25, 0.3) is 8.41 Å². The molecule has 1 nitrogen and oxygen atoms in total. The zero-order valence-corrected chi connectivity index (χ0v) is 12.6. The predicted molar refractivity (Wildman–Crippen MR) is 66.2 cm³/mol. The Balaban J connectivity index is 4.21. The number of rotatable bonds is 7. The normalized spacial score (nSPS) is 15.4. The van der Waals surface area contributed by atoms with E-state index in [0.717, 1.165) is 19.3 Å². The summed E-state index contributed by atoms with van der Waals surface area (Å²) in [5, 5.41) is 0. The number of unbranched alkanes of at least 4 members (excludes halogenated alkanes) is 2. The Bertz CT molecular complexity index is 175. The van der Waals surface area contributed by atoms with E-state index >= 15 is 0 Å². The van der Waals surface area contributed by atoms with E-state index in [0.29, 0.717) is 6.42 Å². The summed E-state index contributed by atoms with van der Waals surface area (Å²) in [5.41, 5.74) is -0.462. The van der Waals surface area contributed by atoms with Crippen LogP contribution in [-0.2, 0) is 4.43 Å². The maximum Gasteiger partial charge on any atom is 0.377 e. The second kappa shape index (κ2) is 6.10. The first kappa shape index (κ1) is 15.3. The summed E-state index contributed by atoms with van der Waals surface area (Å²) in [7, 11) is -5.97. The summed E-state index contributed by atoms with van der Waals surface area (Å²) in [6.45, 7) is 8.25. The van der Waals surface area contributed by atoms with Crippen molar-refractivity contribution in [1.82, 2.24) is 0 Å². The molecule has 0 saturated heterocycles. The van der Waals surface area contributed by atoms with Crippen LogP contribution in [0.1, 0.15) is 32.6 Å². The van der Waals surface area contributed by atoms with Gasteiger partial charge < -0.3 is 8.53 Å². The highest BCUT2D eigenvalue weighted by Crippen LogP contribution is 2.23. The first-order chi connectivity index (χ1) is 6.67. The van der Waals surface area contributed by atoms with Crippen LogP contribution in [0.15, 0.2) is 0 Å². The van der Waals surface area contributed by atoms with E-state index in [1.54, 1.807) is 13.1 Å². The fraction of sp³-hybridized carbons (Fsp3) is 1.00. The van der Waals surface area contributed by atoms with Gasteiger partial charge in [0, 0.05) is 0 Å². The van der Waals surface area contributed by atoms with Gasteiger partial charge >= 0.3 is 8.65 Å². The molecule has 0 saturated carbocycles. The Morgan fingerprint density at radius 2 is 1.60 bits per heavy atom. The van der Waals surface area contributed by atoms with E-state index in [9.17, 15) is 8.22 Å². The Labute approximate surface area is 94.7 Å². The van der Waals surface area contributed by atoms with Gasteiger partial charge in [0.05, 0.1) is 5.73 Å². The monoisotopic (exact) mass is 254 g/mol. The van der Waals surface area contributed by atoms with Crippen molar-refractivity contribution in [1.29, 1.82) is 0 Å². The molecule has 0 heterocycles. The summed E-state index contributed by atoms with van der Waals surface area (Å²) in [4.78, 5) is 0. The van der Waals surface area contributed by atoms with E-state index in [1.807, 2.05) is 0 Å². The van der Waals surface area contributed by atoms with Crippen molar-refractivity contribution in [2.45, 2.75) is 64.5 Å². The molecule has 0 rings (SSSR count). The third kappa shape index (κ3) is 8.10. The number of halogens is 2. The molecule has 1 atom stereocenters. The molecule has 0 aromatic carbocycles. The lowest BCUT2D eigenvalue weighted by Crippen LogP contribution is -2.45. The van der Waals surface area contributed by atoms with Crippen LogP contribution in [0, 0.1) is 0 Å². The van der Waals surface area contributed by atoms with Crippen molar-refractivity contribution in [3.05, 3.63) is 0 Å². The standard InChI is InChI=1S/C10H24F2OSi2/c1-6-7-8-9-10(14(2,3)11)13-15(4,5)12/h10H,6-9H2,1-5H3. The van der Waals surface area contributed by atoms with E-state index < -0.39 is 22.8 Å². The molecular weight excluding hydrogens is 230 g/mol. The van der Waals surface area contributed by atoms with Gasteiger partial charge in [-0.2, -0.15) is 0 Å². The van der Waals surface area contributed by atoms with Crippen LogP contribution in [-0.4, -0.2) is 22.8 Å². The lowest BCUT2D eigenvalue weighted by Gasteiger charge is -2.29. The molecule has 0 aliphatic carbocycles. The largest absolute Gasteiger partial charge is 0.389 e. The SMILES string of the molecule is CCCCCC(O[Si](C)(C)F)[Si](C)(C)F. The molecule has 0 fully saturated rings. The van der Waals surface area contributed by atoms with Crippen molar-refractivity contribution >= 4 is 17.1 Å². The zero-order chi connectivity index (χ0) is 12.1. The molecule has 0 N–H and O–H groups in total. The lowest BCUT2D eigenvalue weighted by atomic mass is 10.2. The Morgan fingerprint density at radius 1 is 1.07 bits per heavy atom. The highest BCUT2D eigenvalue weighted by molar-refractivity contribution is 6.73. The summed E-state index contributed by atoms with van der Waals surface area (Å²) in [6.07, 6.45) is 3.77. The molecule has 0 aliphatic rings. The van der Waals surface area contributed by atoms with Crippen molar-refractivity contribution < 1.29 is 12.6 Å². The van der Waals surface area contributed by atoms with Gasteiger partial charge in [0.2, 0.25) is 0 Å². The zero-order valence-electron chi connectivity index (χ0n) is 10.6. The molecule has 15 heavy (non-hydrogen) atoms. The second-order valence-corrected chi connectivity index (χ2v) is 11.8. The molecule has 0 aliphatic heterocycles. The number of hydrogen-bond acceptors (Lipinski definition) is 1. The molecule has 0 radical (unpaired) electrons. The molecule has 1 unspecified atom stereocenters. The highest BCUT2D eigenvalue weighted by Gasteiger charge is 2.38. The highest BCUT2D eigenvalue weighted by atomic mass is 28.4. The molecule has 0 aromatic rings. The molecule has 0 bridgehead atoms. The summed E-state index contributed by atoms with van der Waals surface area (Å²) in [6, 6.07) is 0. The van der Waals surface area contributed by atoms with Gasteiger partial charge in [-0.3, -0.25) is 4.11 Å². The van der Waals surface area contributed by atoms with Crippen LogP contribution in [0.5, 0.6) is 0 Å². The summed E-state index contributed by atoms with van der Waals surface area (Å²) >= 11 is 0. The quantitative estimate of drug-likeness (QED) is 0.373. The van der Waals surface area contributed by atoms with Gasteiger partial charge in [0.1, 0.15) is 0 Å². The average molecular weight is 254 g/mol. The average Bonchev–Trinajstić information content (AvgIpc) is 1.99. The Hall–Kier alpha value is 0.254. The molecular formula is C10H24F2OSi2. The first-order valence-corrected chi connectivity index (χ1v) is 11.5. The van der Waals surface area contributed by atoms with Gasteiger partial charge in [-0.1, -0.05) is 26.2 Å². The van der Waals surface area contributed by atoms with E-state index in [1.165, 1.54) is 13.1 Å². The van der Waals surface area contributed by atoms with Crippen LogP contribution < -0.4 is 0 Å². The molecule has 0 aromatic heterocycles. The van der Waals surface area contributed by atoms with Gasteiger partial charge in [0.15, 0.2) is 0 Å². The Morgan fingerprint density at radius 3 is 1.93 bits per heavy atom. The molecule has 92 valence electrons. The third-order valence-corrected chi connectivity index (χ3v) is 5.28. The summed E-state index contributed by atoms with van der Waals surface area (Å²) < 4.78 is 32.6. The number of hydrogen-bond donors (Lipinski definition) is 0. The minimum absolute atomic E-state index is 0.462. The fourth-order valence-electron chi connectivity index (χ4n) is 1.46. The minimum atomic E-state index is -3.10. The van der Waals surface area contributed by atoms with Crippen molar-refractivity contribution in [3.63, 3.8) is 0 Å². The Kier molecular flexibility index (Phi) is 6.21. The van der Waals surface area contributed by atoms with Gasteiger partial charge in [-0.05, 0) is 32.6 Å². The molecule has 5 heteroatoms. The maximum atomic E-state index is 13.9. The van der Waals surface area contributed by atoms with Crippen molar-refractivity contribution in [3.8, 4) is 0 Å². The van der Waals surface area contributed by atoms with Crippen molar-refractivity contribution in [2.24, 2.45) is 0 Å². The van der Waals surface area contributed by atoms with E-state index in [4.69, 9.17) is 4.43 Å². The fourth-order valence-corrected chi connectivity index (χ4v) is 5.11. The lowest BCUT2D eigenvalue weighted by molar-refractivity contribution is 0.209. The van der Waals surface area contributed by atoms with Crippen LogP contribution in [0.4, 0.5) is 8.22 Å². The van der Waals surface area contributed by atoms with Crippen molar-refractivity contribution in [2.75, 3.05) is 0 Å². The maximum absolute atomic E-state index is 13.9. The molecule has 0 spiro atoms. The predicted octanol–water partition coefficient (Wildman–Crippen LogP) is 4.34. The molecule has 0 amide bonds. The summed E-state index contributed by atoms with van der Waals surface area (Å²) in [5.74, 6) is 0. The minimum Gasteiger partial charge on any atom is -0.389 e. The van der Waals surface area contributed by atoms with Crippen LogP contribution in [0.3, 0.4) is 0 Å². The van der Waals surface area contributed by atoms with E-state index in [-0.39, 0.29) is 0 Å². The van der Waals surface area contributed by atoms with E-state index in [2.05, 4.69) is 6.92 Å². The topological polar surface area (TPSA) is 9.23 Å².